The van der Waals surface area contributed by atoms with Crippen LogP contribution in [0.5, 0.6) is 0 Å². The van der Waals surface area contributed by atoms with Crippen molar-refractivity contribution in [1.29, 1.82) is 0 Å². The number of carbonyl (C=O) groups is 2. The molecule has 1 saturated carbocycles. The summed E-state index contributed by atoms with van der Waals surface area (Å²) in [5.41, 5.74) is 0. The largest absolute Gasteiger partial charge is 0.480 e. The third-order valence-electron chi connectivity index (χ3n) is 3.91. The topological polar surface area (TPSA) is 77.8 Å². The number of nitrogens with zero attached hydrogens (tertiary/aromatic N) is 1. The molecule has 2 atom stereocenters. The summed E-state index contributed by atoms with van der Waals surface area (Å²) in [6.45, 7) is -0.0251. The lowest BCUT2D eigenvalue weighted by molar-refractivity contribution is -0.151. The fourth-order valence-electron chi connectivity index (χ4n) is 2.81. The van der Waals surface area contributed by atoms with Crippen molar-refractivity contribution in [2.75, 3.05) is 6.54 Å². The molecule has 1 saturated heterocycles. The standard InChI is InChI=1S/C12H17F2NO4/c13-12(14)3-1-7(2-4-12)10(17)15-6-8(16)5-9(15)11(18)19/h7-9,16H,1-6H2,(H,18,19). The first kappa shape index (κ1) is 14.2. The van der Waals surface area contributed by atoms with Crippen LogP contribution in [0, 0.1) is 5.92 Å². The van der Waals surface area contributed by atoms with E-state index in [4.69, 9.17) is 5.11 Å². The van der Waals surface area contributed by atoms with Crippen LogP contribution in [-0.2, 0) is 9.59 Å². The number of halogens is 2. The van der Waals surface area contributed by atoms with Gasteiger partial charge in [0.15, 0.2) is 0 Å². The molecule has 0 aromatic carbocycles. The molecule has 2 rings (SSSR count). The summed E-state index contributed by atoms with van der Waals surface area (Å²) in [6.07, 6.45) is -1.37. The maximum absolute atomic E-state index is 13.0. The highest BCUT2D eigenvalue weighted by molar-refractivity contribution is 5.86. The normalized spacial score (nSPS) is 31.4. The molecule has 5 nitrogen and oxygen atoms in total. The van der Waals surface area contributed by atoms with Gasteiger partial charge in [-0.2, -0.15) is 0 Å². The fourth-order valence-corrected chi connectivity index (χ4v) is 2.81. The average molecular weight is 277 g/mol. The van der Waals surface area contributed by atoms with Gasteiger partial charge in [0.1, 0.15) is 6.04 Å². The third kappa shape index (κ3) is 3.02. The Morgan fingerprint density at radius 1 is 1.21 bits per heavy atom. The molecular weight excluding hydrogens is 260 g/mol. The van der Waals surface area contributed by atoms with Crippen LogP contribution < -0.4 is 0 Å². The van der Waals surface area contributed by atoms with Gasteiger partial charge in [-0.25, -0.2) is 13.6 Å². The molecule has 2 N–H and O–H groups in total. The molecule has 0 bridgehead atoms. The summed E-state index contributed by atoms with van der Waals surface area (Å²) in [7, 11) is 0. The van der Waals surface area contributed by atoms with E-state index in [0.29, 0.717) is 0 Å². The Kier molecular flexibility index (Phi) is 3.75. The lowest BCUT2D eigenvalue weighted by atomic mass is 9.86. The second-order valence-corrected chi connectivity index (χ2v) is 5.36. The zero-order valence-electron chi connectivity index (χ0n) is 10.4. The van der Waals surface area contributed by atoms with Crippen LogP contribution in [0.1, 0.15) is 32.1 Å². The van der Waals surface area contributed by atoms with Gasteiger partial charge in [-0.1, -0.05) is 0 Å². The predicted molar refractivity (Wildman–Crippen MR) is 60.7 cm³/mol. The molecule has 2 fully saturated rings. The SMILES string of the molecule is O=C(O)C1CC(O)CN1C(=O)C1CCC(F)(F)CC1. The van der Waals surface area contributed by atoms with Gasteiger partial charge in [0.25, 0.3) is 0 Å². The van der Waals surface area contributed by atoms with Gasteiger partial charge in [-0.05, 0) is 12.8 Å². The smallest absolute Gasteiger partial charge is 0.326 e. The molecule has 1 aliphatic carbocycles. The average Bonchev–Trinajstić information content (AvgIpc) is 2.70. The number of alkyl halides is 2. The van der Waals surface area contributed by atoms with Crippen LogP contribution in [0.25, 0.3) is 0 Å². The van der Waals surface area contributed by atoms with Crippen molar-refractivity contribution in [3.8, 4) is 0 Å². The number of amides is 1. The Morgan fingerprint density at radius 3 is 2.32 bits per heavy atom. The number of aliphatic carboxylic acids is 1. The van der Waals surface area contributed by atoms with Crippen LogP contribution in [0.2, 0.25) is 0 Å². The lowest BCUT2D eigenvalue weighted by Crippen LogP contribution is -2.45. The van der Waals surface area contributed by atoms with Gasteiger partial charge < -0.3 is 15.1 Å². The van der Waals surface area contributed by atoms with E-state index >= 15 is 0 Å². The Labute approximate surface area is 109 Å². The molecule has 0 radical (unpaired) electrons. The second kappa shape index (κ2) is 5.03. The van der Waals surface area contributed by atoms with Crippen molar-refractivity contribution >= 4 is 11.9 Å². The maximum Gasteiger partial charge on any atom is 0.326 e. The van der Waals surface area contributed by atoms with E-state index in [9.17, 15) is 23.5 Å². The number of β-amino-alcohol motifs (C(OH)–C–C–N with tert-alkyl or cyclic N) is 1. The molecule has 0 spiro atoms. The number of rotatable bonds is 2. The first-order valence-corrected chi connectivity index (χ1v) is 6.39. The lowest BCUT2D eigenvalue weighted by Gasteiger charge is -2.31. The van der Waals surface area contributed by atoms with E-state index in [1.165, 1.54) is 0 Å². The molecule has 2 unspecified atom stereocenters. The van der Waals surface area contributed by atoms with E-state index in [0.717, 1.165) is 4.90 Å². The zero-order valence-corrected chi connectivity index (χ0v) is 10.4. The Hall–Kier alpha value is -1.24. The Morgan fingerprint density at radius 2 is 1.79 bits per heavy atom. The van der Waals surface area contributed by atoms with Crippen molar-refractivity contribution in [2.45, 2.75) is 50.2 Å². The van der Waals surface area contributed by atoms with Crippen molar-refractivity contribution < 1.29 is 28.6 Å². The molecule has 0 aromatic heterocycles. The molecular formula is C12H17F2NO4. The number of aliphatic hydroxyl groups is 1. The molecule has 0 aromatic rings. The number of likely N-dealkylation sites (tertiary alicyclic amines) is 1. The number of hydrogen-bond acceptors (Lipinski definition) is 3. The van der Waals surface area contributed by atoms with E-state index < -0.39 is 35.9 Å². The van der Waals surface area contributed by atoms with Crippen molar-refractivity contribution in [2.24, 2.45) is 5.92 Å². The number of aliphatic hydroxyl groups excluding tert-OH is 1. The van der Waals surface area contributed by atoms with Crippen molar-refractivity contribution in [3.05, 3.63) is 0 Å². The van der Waals surface area contributed by atoms with Crippen LogP contribution in [-0.4, -0.2) is 51.6 Å². The van der Waals surface area contributed by atoms with Gasteiger partial charge in [-0.3, -0.25) is 4.79 Å². The summed E-state index contributed by atoms with van der Waals surface area (Å²) in [5.74, 6) is -4.84. The maximum atomic E-state index is 13.0. The van der Waals surface area contributed by atoms with Gasteiger partial charge >= 0.3 is 5.97 Å². The van der Waals surface area contributed by atoms with Gasteiger partial charge in [0, 0.05) is 31.7 Å². The highest BCUT2D eigenvalue weighted by atomic mass is 19.3. The fraction of sp³-hybridized carbons (Fsp3) is 0.833. The zero-order chi connectivity index (χ0) is 14.2. The Balaban J connectivity index is 2.01. The quantitative estimate of drug-likeness (QED) is 0.784. The van der Waals surface area contributed by atoms with E-state index in [2.05, 4.69) is 0 Å². The van der Waals surface area contributed by atoms with Crippen LogP contribution in [0.15, 0.2) is 0 Å². The first-order valence-electron chi connectivity index (χ1n) is 6.39. The van der Waals surface area contributed by atoms with Gasteiger partial charge in [0.05, 0.1) is 6.10 Å². The molecule has 1 aliphatic heterocycles. The second-order valence-electron chi connectivity index (χ2n) is 5.36. The summed E-state index contributed by atoms with van der Waals surface area (Å²) in [5, 5.41) is 18.5. The summed E-state index contributed by atoms with van der Waals surface area (Å²) in [4.78, 5) is 24.3. The van der Waals surface area contributed by atoms with Crippen LogP contribution >= 0.6 is 0 Å². The van der Waals surface area contributed by atoms with Gasteiger partial charge in [-0.15, -0.1) is 0 Å². The van der Waals surface area contributed by atoms with Crippen molar-refractivity contribution in [1.82, 2.24) is 4.90 Å². The summed E-state index contributed by atoms with van der Waals surface area (Å²) >= 11 is 0. The first-order chi connectivity index (χ1) is 8.80. The van der Waals surface area contributed by atoms with Crippen LogP contribution in [0.4, 0.5) is 8.78 Å². The summed E-state index contributed by atoms with van der Waals surface area (Å²) < 4.78 is 26.1. The van der Waals surface area contributed by atoms with Crippen molar-refractivity contribution in [3.63, 3.8) is 0 Å². The van der Waals surface area contributed by atoms with Gasteiger partial charge in [0.2, 0.25) is 11.8 Å². The molecule has 108 valence electrons. The highest BCUT2D eigenvalue weighted by Gasteiger charge is 2.44. The third-order valence-corrected chi connectivity index (χ3v) is 3.91. The van der Waals surface area contributed by atoms with E-state index in [1.807, 2.05) is 0 Å². The molecule has 7 heteroatoms. The number of hydrogen-bond donors (Lipinski definition) is 2. The molecule has 1 heterocycles. The number of carboxylic acid groups (broad SMARTS) is 1. The Bertz CT molecular complexity index is 378. The predicted octanol–water partition coefficient (Wildman–Crippen LogP) is 0.858. The monoisotopic (exact) mass is 277 g/mol. The minimum absolute atomic E-state index is 0.00392. The number of carbonyl (C=O) groups excluding carboxylic acids is 1. The molecule has 19 heavy (non-hydrogen) atoms. The minimum Gasteiger partial charge on any atom is -0.480 e. The molecule has 2 aliphatic rings. The van der Waals surface area contributed by atoms with E-state index in [-0.39, 0.29) is 38.6 Å². The highest BCUT2D eigenvalue weighted by Crippen LogP contribution is 2.37. The van der Waals surface area contributed by atoms with E-state index in [1.54, 1.807) is 0 Å². The number of carboxylic acids is 1. The van der Waals surface area contributed by atoms with Crippen LogP contribution in [0.3, 0.4) is 0 Å². The summed E-state index contributed by atoms with van der Waals surface area (Å²) in [6, 6.07) is -1.04. The minimum atomic E-state index is -2.71. The molecule has 1 amide bonds.